The fraction of sp³-hybridized carbons (Fsp3) is 0.381. The van der Waals surface area contributed by atoms with Crippen LogP contribution in [0.1, 0.15) is 39.5 Å². The lowest BCUT2D eigenvalue weighted by molar-refractivity contribution is 0.0968. The van der Waals surface area contributed by atoms with E-state index in [0.29, 0.717) is 28.3 Å². The van der Waals surface area contributed by atoms with Crippen molar-refractivity contribution in [3.8, 4) is 0 Å². The van der Waals surface area contributed by atoms with Crippen molar-refractivity contribution in [2.24, 2.45) is 0 Å². The minimum atomic E-state index is -0.122. The maximum atomic E-state index is 13.3. The molecule has 4 rings (SSSR count). The number of benzene rings is 1. The molecule has 7 heteroatoms. The fourth-order valence-electron chi connectivity index (χ4n) is 3.66. The molecule has 0 amide bonds. The molecule has 0 aliphatic carbocycles. The number of ketones is 1. The van der Waals surface area contributed by atoms with Crippen LogP contribution in [0.15, 0.2) is 29.1 Å². The van der Waals surface area contributed by atoms with E-state index in [1.807, 2.05) is 13.8 Å². The Kier molecular flexibility index (Phi) is 5.36. The quantitative estimate of drug-likeness (QED) is 0.586. The van der Waals surface area contributed by atoms with E-state index in [4.69, 9.17) is 16.6 Å². The molecule has 28 heavy (non-hydrogen) atoms. The highest BCUT2D eigenvalue weighted by Gasteiger charge is 2.21. The van der Waals surface area contributed by atoms with E-state index in [1.165, 1.54) is 0 Å². The third kappa shape index (κ3) is 3.64. The van der Waals surface area contributed by atoms with Crippen molar-refractivity contribution >= 4 is 38.9 Å². The lowest BCUT2D eigenvalue weighted by Crippen LogP contribution is -2.32. The van der Waals surface area contributed by atoms with Crippen LogP contribution in [0.25, 0.3) is 10.2 Å². The van der Waals surface area contributed by atoms with Crippen LogP contribution in [0.2, 0.25) is 5.02 Å². The first-order chi connectivity index (χ1) is 13.4. The van der Waals surface area contributed by atoms with E-state index in [0.717, 1.165) is 41.2 Å². The zero-order valence-electron chi connectivity index (χ0n) is 16.0. The highest BCUT2D eigenvalue weighted by molar-refractivity contribution is 7.18. The SMILES string of the molecule is Cc1sc2nc(CN3CCCC3)n(CC(=O)c3ccc(Cl)cc3)c(=O)c2c1C. The first-order valence-electron chi connectivity index (χ1n) is 9.44. The summed E-state index contributed by atoms with van der Waals surface area (Å²) in [7, 11) is 0. The van der Waals surface area contributed by atoms with Crippen LogP contribution in [0.4, 0.5) is 0 Å². The summed E-state index contributed by atoms with van der Waals surface area (Å²) in [5.41, 5.74) is 1.38. The molecular formula is C21H22ClN3O2S. The average Bonchev–Trinajstić information content (AvgIpc) is 3.27. The van der Waals surface area contributed by atoms with E-state index in [-0.39, 0.29) is 17.9 Å². The Labute approximate surface area is 172 Å². The van der Waals surface area contributed by atoms with E-state index in [2.05, 4.69) is 4.90 Å². The topological polar surface area (TPSA) is 55.2 Å². The van der Waals surface area contributed by atoms with Crippen molar-refractivity contribution in [3.05, 3.63) is 61.5 Å². The Morgan fingerprint density at radius 3 is 2.54 bits per heavy atom. The molecule has 1 aromatic carbocycles. The summed E-state index contributed by atoms with van der Waals surface area (Å²) in [5, 5.41) is 1.22. The summed E-state index contributed by atoms with van der Waals surface area (Å²) >= 11 is 7.47. The zero-order chi connectivity index (χ0) is 19.8. The number of aryl methyl sites for hydroxylation is 2. The van der Waals surface area contributed by atoms with Crippen LogP contribution in [0, 0.1) is 13.8 Å². The predicted octanol–water partition coefficient (Wildman–Crippen LogP) is 4.21. The van der Waals surface area contributed by atoms with Gasteiger partial charge in [0.25, 0.3) is 5.56 Å². The van der Waals surface area contributed by atoms with Crippen LogP contribution < -0.4 is 5.56 Å². The number of likely N-dealkylation sites (tertiary alicyclic amines) is 1. The van der Waals surface area contributed by atoms with Crippen molar-refractivity contribution in [2.45, 2.75) is 39.8 Å². The first kappa shape index (κ1) is 19.3. The van der Waals surface area contributed by atoms with Gasteiger partial charge in [0.15, 0.2) is 5.78 Å². The predicted molar refractivity (Wildman–Crippen MR) is 114 cm³/mol. The van der Waals surface area contributed by atoms with E-state index < -0.39 is 0 Å². The van der Waals surface area contributed by atoms with Crippen molar-refractivity contribution in [2.75, 3.05) is 13.1 Å². The smallest absolute Gasteiger partial charge is 0.263 e. The average molecular weight is 416 g/mol. The van der Waals surface area contributed by atoms with Gasteiger partial charge in [0.05, 0.1) is 18.5 Å². The maximum Gasteiger partial charge on any atom is 0.263 e. The van der Waals surface area contributed by atoms with Crippen LogP contribution in [0.5, 0.6) is 0 Å². The number of fused-ring (bicyclic) bond motifs is 1. The standard InChI is InChI=1S/C21H22ClN3O2S/c1-13-14(2)28-20-19(13)21(27)25(18(23-20)12-24-9-3-4-10-24)11-17(26)15-5-7-16(22)8-6-15/h5-8H,3-4,9-12H2,1-2H3. The van der Waals surface area contributed by atoms with E-state index >= 15 is 0 Å². The monoisotopic (exact) mass is 415 g/mol. The molecule has 0 unspecified atom stereocenters. The number of thiophene rings is 1. The van der Waals surface area contributed by atoms with Gasteiger partial charge in [-0.15, -0.1) is 11.3 Å². The summed E-state index contributed by atoms with van der Waals surface area (Å²) in [6.45, 7) is 6.53. The molecule has 3 heterocycles. The summed E-state index contributed by atoms with van der Waals surface area (Å²) in [6, 6.07) is 6.77. The third-order valence-electron chi connectivity index (χ3n) is 5.40. The second-order valence-corrected chi connectivity index (χ2v) is 8.94. The molecule has 1 fully saturated rings. The van der Waals surface area contributed by atoms with E-state index in [9.17, 15) is 9.59 Å². The van der Waals surface area contributed by atoms with Gasteiger partial charge in [-0.05, 0) is 69.6 Å². The number of rotatable bonds is 5. The van der Waals surface area contributed by atoms with Gasteiger partial charge in [0, 0.05) is 15.5 Å². The van der Waals surface area contributed by atoms with Crippen molar-refractivity contribution in [3.63, 3.8) is 0 Å². The molecule has 0 radical (unpaired) electrons. The molecule has 0 bridgehead atoms. The Hall–Kier alpha value is -2.02. The first-order valence-corrected chi connectivity index (χ1v) is 10.6. The Balaban J connectivity index is 1.78. The molecule has 0 N–H and O–H groups in total. The molecule has 2 aromatic heterocycles. The maximum absolute atomic E-state index is 13.3. The second kappa shape index (κ2) is 7.78. The van der Waals surface area contributed by atoms with Gasteiger partial charge >= 0.3 is 0 Å². The van der Waals surface area contributed by atoms with Crippen molar-refractivity contribution in [1.82, 2.24) is 14.5 Å². The van der Waals surface area contributed by atoms with Crippen LogP contribution in [-0.4, -0.2) is 33.3 Å². The Bertz CT molecular complexity index is 1100. The molecule has 5 nitrogen and oxygen atoms in total. The Morgan fingerprint density at radius 2 is 1.86 bits per heavy atom. The van der Waals surface area contributed by atoms with Crippen molar-refractivity contribution < 1.29 is 4.79 Å². The lowest BCUT2D eigenvalue weighted by Gasteiger charge is -2.18. The molecule has 0 atom stereocenters. The number of Topliss-reactive ketones (excluding diaryl/α,β-unsaturated/α-hetero) is 1. The number of carbonyl (C=O) groups is 1. The third-order valence-corrected chi connectivity index (χ3v) is 6.75. The lowest BCUT2D eigenvalue weighted by atomic mass is 10.1. The second-order valence-electron chi connectivity index (χ2n) is 7.30. The minimum Gasteiger partial charge on any atom is -0.296 e. The highest BCUT2D eigenvalue weighted by atomic mass is 35.5. The molecular weight excluding hydrogens is 394 g/mol. The number of halogens is 1. The molecule has 1 saturated heterocycles. The minimum absolute atomic E-state index is 0.0130. The fourth-order valence-corrected chi connectivity index (χ4v) is 4.83. The highest BCUT2D eigenvalue weighted by Crippen LogP contribution is 2.27. The molecule has 1 aliphatic heterocycles. The number of carbonyl (C=O) groups excluding carboxylic acids is 1. The van der Waals surface area contributed by atoms with Gasteiger partial charge in [-0.2, -0.15) is 0 Å². The largest absolute Gasteiger partial charge is 0.296 e. The number of aromatic nitrogens is 2. The summed E-state index contributed by atoms with van der Waals surface area (Å²) in [5.74, 6) is 0.551. The van der Waals surface area contributed by atoms with E-state index in [1.54, 1.807) is 40.2 Å². The van der Waals surface area contributed by atoms with Gasteiger partial charge in [-0.25, -0.2) is 4.98 Å². The molecule has 0 saturated carbocycles. The van der Waals surface area contributed by atoms with Crippen LogP contribution >= 0.6 is 22.9 Å². The molecule has 0 spiro atoms. The Morgan fingerprint density at radius 1 is 1.18 bits per heavy atom. The molecule has 3 aromatic rings. The van der Waals surface area contributed by atoms with Crippen LogP contribution in [0.3, 0.4) is 0 Å². The number of hydrogen-bond donors (Lipinski definition) is 0. The summed E-state index contributed by atoms with van der Waals surface area (Å²) < 4.78 is 1.57. The molecule has 146 valence electrons. The summed E-state index contributed by atoms with van der Waals surface area (Å²) in [6.07, 6.45) is 2.32. The summed E-state index contributed by atoms with van der Waals surface area (Å²) in [4.78, 5) is 35.1. The zero-order valence-corrected chi connectivity index (χ0v) is 17.6. The normalized spacial score (nSPS) is 14.8. The number of hydrogen-bond acceptors (Lipinski definition) is 5. The van der Waals surface area contributed by atoms with Gasteiger partial charge in [0.1, 0.15) is 10.7 Å². The van der Waals surface area contributed by atoms with Gasteiger partial charge < -0.3 is 0 Å². The van der Waals surface area contributed by atoms with Gasteiger partial charge in [-0.1, -0.05) is 11.6 Å². The van der Waals surface area contributed by atoms with Gasteiger partial charge in [0.2, 0.25) is 0 Å². The van der Waals surface area contributed by atoms with Crippen molar-refractivity contribution in [1.29, 1.82) is 0 Å². The number of nitrogens with zero attached hydrogens (tertiary/aromatic N) is 3. The van der Waals surface area contributed by atoms with Crippen LogP contribution in [-0.2, 0) is 13.1 Å². The van der Waals surface area contributed by atoms with Gasteiger partial charge in [-0.3, -0.25) is 19.1 Å². The molecule has 1 aliphatic rings.